The Bertz CT molecular complexity index is 2420. The molecule has 0 saturated heterocycles. The molecule has 0 N–H and O–H groups in total. The molecule has 0 atom stereocenters. The van der Waals surface area contributed by atoms with Crippen molar-refractivity contribution >= 4 is 248 Å². The van der Waals surface area contributed by atoms with Crippen LogP contribution in [-0.4, -0.2) is 12.7 Å². The molecule has 6 rings (SSSR count). The highest BCUT2D eigenvalue weighted by Gasteiger charge is 2.33. The van der Waals surface area contributed by atoms with E-state index in [-0.39, 0.29) is 11.5 Å². The molecular weight excluding hydrogens is 2010 g/mol. The summed E-state index contributed by atoms with van der Waals surface area (Å²) in [5.41, 5.74) is 11.3. The van der Waals surface area contributed by atoms with Gasteiger partial charge in [0, 0.05) is 50.4 Å². The van der Waals surface area contributed by atoms with Crippen molar-refractivity contribution in [2.24, 2.45) is 0 Å². The van der Waals surface area contributed by atoms with Crippen LogP contribution in [0.1, 0.15) is 5.56 Å². The molecule has 6 aromatic rings. The minimum atomic E-state index is -4.77. The van der Waals surface area contributed by atoms with Gasteiger partial charge in [0.1, 0.15) is 11.5 Å². The fraction of sp³-hybridized carbons (Fsp3) is 0.0769. The Kier molecular flexibility index (Phi) is 17.4. The van der Waals surface area contributed by atoms with Gasteiger partial charge >= 0.3 is 12.7 Å². The Morgan fingerprint density at radius 3 is 0.862 bits per heavy atom. The molecule has 0 bridgehead atoms. The standard InChI is InChI=1S/C39H15F6I11O2/c1-14-17(18-6-8-23(36(55)32(18)51)29-25(46)10-15(11-26(29)47)57-38(40,41)42)2-3-19(31(14)50)20-4-5-21(34(53)33(20)52)22-7-9-24(37(56)35(22)54)30-27(48)12-16(13-28(30)49)58-39(43,44)45/h2-13H,1H3. The van der Waals surface area contributed by atoms with Gasteiger partial charge in [-0.25, -0.2) is 0 Å². The van der Waals surface area contributed by atoms with Crippen molar-refractivity contribution in [2.45, 2.75) is 19.6 Å². The maximum atomic E-state index is 12.9. The van der Waals surface area contributed by atoms with E-state index in [1.807, 2.05) is 12.1 Å². The van der Waals surface area contributed by atoms with E-state index < -0.39 is 12.7 Å². The first kappa shape index (κ1) is 50.0. The summed E-state index contributed by atoms with van der Waals surface area (Å²) >= 11 is 24.9. The van der Waals surface area contributed by atoms with E-state index in [0.717, 1.165) is 86.2 Å². The molecule has 0 saturated carbocycles. The van der Waals surface area contributed by atoms with E-state index in [1.165, 1.54) is 24.3 Å². The van der Waals surface area contributed by atoms with Crippen molar-refractivity contribution in [3.05, 3.63) is 118 Å². The molecule has 0 radical (unpaired) electrons. The van der Waals surface area contributed by atoms with Crippen LogP contribution in [-0.2, 0) is 0 Å². The molecular formula is C39H15F6I11O2. The van der Waals surface area contributed by atoms with Crippen molar-refractivity contribution in [2.75, 3.05) is 0 Å². The number of hydrogen-bond acceptors (Lipinski definition) is 2. The Hall–Kier alpha value is 2.53. The number of halogens is 17. The molecule has 0 spiro atoms. The molecule has 0 aromatic heterocycles. The van der Waals surface area contributed by atoms with E-state index in [9.17, 15) is 26.3 Å². The Morgan fingerprint density at radius 1 is 0.345 bits per heavy atom. The molecule has 6 aromatic carbocycles. The summed E-state index contributed by atoms with van der Waals surface area (Å²) in [5.74, 6) is -0.487. The van der Waals surface area contributed by atoms with Crippen molar-refractivity contribution in [1.82, 2.24) is 0 Å². The van der Waals surface area contributed by atoms with Crippen LogP contribution in [0.5, 0.6) is 11.5 Å². The molecule has 0 aliphatic rings. The largest absolute Gasteiger partial charge is 0.573 e. The average molecular weight is 2030 g/mol. The highest BCUT2D eigenvalue weighted by Crippen LogP contribution is 2.46. The summed E-state index contributed by atoms with van der Waals surface area (Å²) in [5, 5.41) is 0. The van der Waals surface area contributed by atoms with Gasteiger partial charge < -0.3 is 9.47 Å². The maximum Gasteiger partial charge on any atom is 0.573 e. The first-order valence-electron chi connectivity index (χ1n) is 15.7. The fourth-order valence-electron chi connectivity index (χ4n) is 6.05. The normalized spacial score (nSPS) is 12.0. The van der Waals surface area contributed by atoms with Crippen LogP contribution in [0.25, 0.3) is 55.6 Å². The zero-order valence-corrected chi connectivity index (χ0v) is 51.9. The predicted octanol–water partition coefficient (Wildman–Crippen LogP) is 18.8. The molecule has 0 aliphatic carbocycles. The van der Waals surface area contributed by atoms with Gasteiger partial charge in [-0.15, -0.1) is 26.3 Å². The third-order valence-electron chi connectivity index (χ3n) is 8.54. The molecule has 0 unspecified atom stereocenters. The number of rotatable bonds is 7. The molecule has 302 valence electrons. The van der Waals surface area contributed by atoms with Gasteiger partial charge in [0.2, 0.25) is 0 Å². The van der Waals surface area contributed by atoms with Crippen LogP contribution in [0.2, 0.25) is 0 Å². The first-order valence-corrected chi connectivity index (χ1v) is 27.6. The van der Waals surface area contributed by atoms with E-state index in [1.54, 1.807) is 0 Å². The molecule has 58 heavy (non-hydrogen) atoms. The lowest BCUT2D eigenvalue weighted by molar-refractivity contribution is -0.275. The highest BCUT2D eigenvalue weighted by molar-refractivity contribution is 14.1. The number of alkyl halides is 6. The zero-order valence-electron chi connectivity index (χ0n) is 28.2. The van der Waals surface area contributed by atoms with Crippen LogP contribution < -0.4 is 9.47 Å². The Morgan fingerprint density at radius 2 is 0.569 bits per heavy atom. The molecule has 19 heteroatoms. The second kappa shape index (κ2) is 20.2. The average Bonchev–Trinajstić information content (AvgIpc) is 3.10. The van der Waals surface area contributed by atoms with Crippen LogP contribution >= 0.6 is 248 Å². The lowest BCUT2D eigenvalue weighted by atomic mass is 9.93. The van der Waals surface area contributed by atoms with Crippen LogP contribution in [0, 0.1) is 46.2 Å². The van der Waals surface area contributed by atoms with Gasteiger partial charge in [-0.2, -0.15) is 0 Å². The lowest BCUT2D eigenvalue weighted by Gasteiger charge is -2.20. The van der Waals surface area contributed by atoms with E-state index in [4.69, 9.17) is 0 Å². The second-order valence-corrected chi connectivity index (χ2v) is 24.3. The first-order chi connectivity index (χ1) is 27.0. The van der Waals surface area contributed by atoms with E-state index in [2.05, 4.69) is 301 Å². The summed E-state index contributed by atoms with van der Waals surface area (Å²) in [6, 6.07) is 22.5. The topological polar surface area (TPSA) is 18.5 Å². The third kappa shape index (κ3) is 11.0. The SMILES string of the molecule is Cc1c(-c2ccc(-c3c(I)cc(OC(F)(F)F)cc3I)c(I)c2I)ccc(-c2ccc(-c3ccc(-c4c(I)cc(OC(F)(F)F)cc4I)c(I)c3I)c(I)c2I)c1I. The van der Waals surface area contributed by atoms with Gasteiger partial charge in [0.05, 0.1) is 0 Å². The summed E-state index contributed by atoms with van der Waals surface area (Å²) in [7, 11) is 0. The second-order valence-electron chi connectivity index (χ2n) is 12.1. The van der Waals surface area contributed by atoms with Crippen molar-refractivity contribution in [3.63, 3.8) is 0 Å². The van der Waals surface area contributed by atoms with Gasteiger partial charge in [0.25, 0.3) is 0 Å². The lowest BCUT2D eigenvalue weighted by Crippen LogP contribution is -2.17. The van der Waals surface area contributed by atoms with Gasteiger partial charge in [0.15, 0.2) is 0 Å². The summed E-state index contributed by atoms with van der Waals surface area (Å²) in [6.07, 6.45) is -9.53. The summed E-state index contributed by atoms with van der Waals surface area (Å²) < 4.78 is 96.1. The van der Waals surface area contributed by atoms with Gasteiger partial charge in [-0.1, -0.05) is 48.5 Å². The quantitative estimate of drug-likeness (QED) is 0.117. The molecule has 0 fully saturated rings. The molecule has 0 aliphatic heterocycles. The predicted molar refractivity (Wildman–Crippen MR) is 312 cm³/mol. The minimum Gasteiger partial charge on any atom is -0.406 e. The van der Waals surface area contributed by atoms with Crippen molar-refractivity contribution < 1.29 is 35.8 Å². The van der Waals surface area contributed by atoms with Crippen LogP contribution in [0.15, 0.2) is 72.8 Å². The number of hydrogen-bond donors (Lipinski definition) is 0. The Balaban J connectivity index is 1.33. The van der Waals surface area contributed by atoms with Crippen LogP contribution in [0.3, 0.4) is 0 Å². The number of ether oxygens (including phenoxy) is 2. The zero-order chi connectivity index (χ0) is 42.8. The smallest absolute Gasteiger partial charge is 0.406 e. The Labute approximate surface area is 479 Å². The molecule has 2 nitrogen and oxygen atoms in total. The van der Waals surface area contributed by atoms with Gasteiger partial charge in [-0.05, 0) is 330 Å². The van der Waals surface area contributed by atoms with Crippen LogP contribution in [0.4, 0.5) is 26.3 Å². The minimum absolute atomic E-state index is 0.243. The third-order valence-corrected chi connectivity index (χ3v) is 23.2. The van der Waals surface area contributed by atoms with Gasteiger partial charge in [-0.3, -0.25) is 0 Å². The summed E-state index contributed by atoms with van der Waals surface area (Å²) in [6.45, 7) is 2.13. The maximum absolute atomic E-state index is 12.9. The molecule has 0 heterocycles. The fourth-order valence-corrected chi connectivity index (χ4v) is 15.9. The molecule has 0 amide bonds. The van der Waals surface area contributed by atoms with Crippen molar-refractivity contribution in [1.29, 1.82) is 0 Å². The highest BCUT2D eigenvalue weighted by atomic mass is 127. The number of benzene rings is 6. The van der Waals surface area contributed by atoms with E-state index >= 15 is 0 Å². The van der Waals surface area contributed by atoms with E-state index in [0.29, 0.717) is 14.3 Å². The van der Waals surface area contributed by atoms with Crippen molar-refractivity contribution in [3.8, 4) is 67.1 Å². The monoisotopic (exact) mass is 2030 g/mol. The summed E-state index contributed by atoms with van der Waals surface area (Å²) in [4.78, 5) is 0.